The molecule has 5 heteroatoms. The maximum Gasteiger partial charge on any atom is 0.237 e. The molecule has 126 valence electrons. The van der Waals surface area contributed by atoms with E-state index < -0.39 is 30.0 Å². The quantitative estimate of drug-likeness (QED) is 0.906. The Bertz CT molecular complexity index is 760. The lowest BCUT2D eigenvalue weighted by atomic mass is 9.86. The number of hydrogen-bond acceptors (Lipinski definition) is 3. The first-order chi connectivity index (χ1) is 11.4. The lowest BCUT2D eigenvalue weighted by Gasteiger charge is -2.33. The molecule has 2 N–H and O–H groups in total. The molecule has 0 saturated carbocycles. The number of carbonyl (C=O) groups excluding carboxylic acids is 1. The van der Waals surface area contributed by atoms with E-state index in [4.69, 9.17) is 0 Å². The number of rotatable bonds is 4. The monoisotopic (exact) mass is 329 g/mol. The summed E-state index contributed by atoms with van der Waals surface area (Å²) >= 11 is 0. The summed E-state index contributed by atoms with van der Waals surface area (Å²) in [6, 6.07) is 12.7. The first-order valence-electron chi connectivity index (χ1n) is 7.86. The van der Waals surface area contributed by atoms with Crippen LogP contribution in [0, 0.1) is 5.82 Å². The molecule has 2 aromatic carbocycles. The Balaban J connectivity index is 2.20. The molecule has 1 aliphatic rings. The third kappa shape index (κ3) is 2.41. The van der Waals surface area contributed by atoms with Crippen LogP contribution in [-0.2, 0) is 10.2 Å². The SMILES string of the molecule is CC1(C)C(=O)N([C@@H](c2ccccc2)[C@H](O)CO)c2cccc(F)c21. The predicted octanol–water partition coefficient (Wildman–Crippen LogP) is 2.54. The fraction of sp³-hybridized carbons (Fsp3) is 0.316. The molecule has 0 saturated heterocycles. The summed E-state index contributed by atoms with van der Waals surface area (Å²) in [5, 5.41) is 19.9. The molecule has 2 aromatic rings. The van der Waals surface area contributed by atoms with Crippen LogP contribution in [0.5, 0.6) is 0 Å². The summed E-state index contributed by atoms with van der Waals surface area (Å²) in [7, 11) is 0. The van der Waals surface area contributed by atoms with Crippen molar-refractivity contribution in [2.24, 2.45) is 0 Å². The van der Waals surface area contributed by atoms with E-state index in [1.807, 2.05) is 6.07 Å². The summed E-state index contributed by atoms with van der Waals surface area (Å²) in [6.45, 7) is 2.84. The molecule has 0 bridgehead atoms. The first kappa shape index (κ1) is 16.6. The van der Waals surface area contributed by atoms with Gasteiger partial charge in [-0.2, -0.15) is 0 Å². The third-order valence-electron chi connectivity index (χ3n) is 4.60. The number of nitrogens with zero attached hydrogens (tertiary/aromatic N) is 1. The van der Waals surface area contributed by atoms with Gasteiger partial charge >= 0.3 is 0 Å². The fourth-order valence-electron chi connectivity index (χ4n) is 3.42. The molecule has 4 nitrogen and oxygen atoms in total. The summed E-state index contributed by atoms with van der Waals surface area (Å²) in [5.41, 5.74) is 0.399. The lowest BCUT2D eigenvalue weighted by Crippen LogP contribution is -2.44. The van der Waals surface area contributed by atoms with Gasteiger partial charge in [-0.25, -0.2) is 4.39 Å². The molecule has 24 heavy (non-hydrogen) atoms. The maximum absolute atomic E-state index is 14.4. The van der Waals surface area contributed by atoms with Gasteiger partial charge in [-0.05, 0) is 31.5 Å². The van der Waals surface area contributed by atoms with Crippen molar-refractivity contribution in [3.8, 4) is 0 Å². The molecule has 3 rings (SSSR count). The van der Waals surface area contributed by atoms with Crippen molar-refractivity contribution in [1.29, 1.82) is 0 Å². The number of carbonyl (C=O) groups is 1. The van der Waals surface area contributed by atoms with E-state index in [0.717, 1.165) is 0 Å². The highest BCUT2D eigenvalue weighted by Crippen LogP contribution is 2.47. The average Bonchev–Trinajstić information content (AvgIpc) is 2.77. The largest absolute Gasteiger partial charge is 0.394 e. The van der Waals surface area contributed by atoms with Crippen LogP contribution in [0.4, 0.5) is 10.1 Å². The minimum absolute atomic E-state index is 0.302. The lowest BCUT2D eigenvalue weighted by molar-refractivity contribution is -0.123. The molecule has 1 aliphatic heterocycles. The van der Waals surface area contributed by atoms with Crippen molar-refractivity contribution < 1.29 is 19.4 Å². The standard InChI is InChI=1S/C19H20FNO3/c1-19(2)16-13(20)9-6-10-14(16)21(18(19)24)17(15(23)11-22)12-7-4-3-5-8-12/h3-10,15,17,22-23H,11H2,1-2H3/t15-,17+/m1/s1. The molecule has 1 amide bonds. The van der Waals surface area contributed by atoms with Gasteiger partial charge in [0.1, 0.15) is 11.9 Å². The van der Waals surface area contributed by atoms with Crippen LogP contribution < -0.4 is 4.90 Å². The van der Waals surface area contributed by atoms with E-state index >= 15 is 0 Å². The Labute approximate surface area is 140 Å². The first-order valence-corrected chi connectivity index (χ1v) is 7.86. The van der Waals surface area contributed by atoms with Crippen molar-refractivity contribution in [3.05, 3.63) is 65.5 Å². The summed E-state index contributed by atoms with van der Waals surface area (Å²) < 4.78 is 14.4. The molecular formula is C19H20FNO3. The van der Waals surface area contributed by atoms with E-state index in [-0.39, 0.29) is 5.91 Å². The maximum atomic E-state index is 14.4. The van der Waals surface area contributed by atoms with E-state index in [1.165, 1.54) is 11.0 Å². The minimum Gasteiger partial charge on any atom is -0.394 e. The van der Waals surface area contributed by atoms with Gasteiger partial charge in [0, 0.05) is 5.56 Å². The number of aliphatic hydroxyl groups excluding tert-OH is 2. The molecule has 1 heterocycles. The molecule has 0 radical (unpaired) electrons. The number of benzene rings is 2. The Morgan fingerprint density at radius 1 is 1.12 bits per heavy atom. The number of fused-ring (bicyclic) bond motifs is 1. The van der Waals surface area contributed by atoms with E-state index in [0.29, 0.717) is 16.8 Å². The van der Waals surface area contributed by atoms with Crippen LogP contribution in [0.2, 0.25) is 0 Å². The highest BCUT2D eigenvalue weighted by molar-refractivity contribution is 6.08. The highest BCUT2D eigenvalue weighted by atomic mass is 19.1. The number of halogens is 1. The van der Waals surface area contributed by atoms with Crippen molar-refractivity contribution in [3.63, 3.8) is 0 Å². The summed E-state index contributed by atoms with van der Waals surface area (Å²) in [5.74, 6) is -0.748. The molecule has 0 fully saturated rings. The van der Waals surface area contributed by atoms with E-state index in [1.54, 1.807) is 50.2 Å². The predicted molar refractivity (Wildman–Crippen MR) is 89.2 cm³/mol. The van der Waals surface area contributed by atoms with Gasteiger partial charge in [-0.1, -0.05) is 36.4 Å². The van der Waals surface area contributed by atoms with Crippen LogP contribution in [0.3, 0.4) is 0 Å². The third-order valence-corrected chi connectivity index (χ3v) is 4.60. The molecule has 0 spiro atoms. The van der Waals surface area contributed by atoms with Crippen LogP contribution in [0.25, 0.3) is 0 Å². The molecule has 2 atom stereocenters. The molecule has 0 aromatic heterocycles. The second kappa shape index (κ2) is 6.00. The number of amides is 1. The average molecular weight is 329 g/mol. The van der Waals surface area contributed by atoms with Gasteiger partial charge < -0.3 is 15.1 Å². The second-order valence-electron chi connectivity index (χ2n) is 6.54. The zero-order chi connectivity index (χ0) is 17.5. The van der Waals surface area contributed by atoms with Crippen LogP contribution in [0.15, 0.2) is 48.5 Å². The molecule has 0 unspecified atom stereocenters. The van der Waals surface area contributed by atoms with E-state index in [9.17, 15) is 19.4 Å². The number of anilines is 1. The Morgan fingerprint density at radius 3 is 2.42 bits per heavy atom. The summed E-state index contributed by atoms with van der Waals surface area (Å²) in [6.07, 6.45) is -1.18. The van der Waals surface area contributed by atoms with Crippen molar-refractivity contribution >= 4 is 11.6 Å². The van der Waals surface area contributed by atoms with Crippen LogP contribution >= 0.6 is 0 Å². The topological polar surface area (TPSA) is 60.8 Å². The Hall–Kier alpha value is -2.24. The fourth-order valence-corrected chi connectivity index (χ4v) is 3.42. The van der Waals surface area contributed by atoms with Gasteiger partial charge in [0.25, 0.3) is 0 Å². The van der Waals surface area contributed by atoms with Gasteiger partial charge in [0.2, 0.25) is 5.91 Å². The number of hydrogen-bond donors (Lipinski definition) is 2. The smallest absolute Gasteiger partial charge is 0.237 e. The van der Waals surface area contributed by atoms with Gasteiger partial charge in [0.05, 0.1) is 23.8 Å². The Kier molecular flexibility index (Phi) is 4.15. The zero-order valence-electron chi connectivity index (χ0n) is 13.6. The highest BCUT2D eigenvalue weighted by Gasteiger charge is 2.49. The van der Waals surface area contributed by atoms with Crippen LogP contribution in [0.1, 0.15) is 31.0 Å². The van der Waals surface area contributed by atoms with Crippen LogP contribution in [-0.4, -0.2) is 28.8 Å². The zero-order valence-corrected chi connectivity index (χ0v) is 13.6. The van der Waals surface area contributed by atoms with Gasteiger partial charge in [0.15, 0.2) is 0 Å². The van der Waals surface area contributed by atoms with Gasteiger partial charge in [-0.3, -0.25) is 4.79 Å². The molecular weight excluding hydrogens is 309 g/mol. The van der Waals surface area contributed by atoms with Crippen molar-refractivity contribution in [2.75, 3.05) is 11.5 Å². The van der Waals surface area contributed by atoms with Gasteiger partial charge in [-0.15, -0.1) is 0 Å². The van der Waals surface area contributed by atoms with Crippen molar-refractivity contribution in [2.45, 2.75) is 31.4 Å². The van der Waals surface area contributed by atoms with E-state index in [2.05, 4.69) is 0 Å². The Morgan fingerprint density at radius 2 is 1.79 bits per heavy atom. The normalized spacial score (nSPS) is 18.4. The van der Waals surface area contributed by atoms with Crippen molar-refractivity contribution in [1.82, 2.24) is 0 Å². The molecule has 0 aliphatic carbocycles. The summed E-state index contributed by atoms with van der Waals surface area (Å²) in [4.78, 5) is 14.4. The minimum atomic E-state index is -1.18. The second-order valence-corrected chi connectivity index (χ2v) is 6.54. The number of aliphatic hydroxyl groups is 2.